The van der Waals surface area contributed by atoms with Crippen molar-refractivity contribution >= 4 is 21.6 Å². The minimum atomic E-state index is -3.37. The molecule has 1 unspecified atom stereocenters. The van der Waals surface area contributed by atoms with E-state index in [0.29, 0.717) is 19.6 Å². The molecule has 1 amide bonds. The Hall–Kier alpha value is -1.44. The number of anilines is 1. The molecule has 6 nitrogen and oxygen atoms in total. The first-order valence-corrected chi connectivity index (χ1v) is 11.8. The minimum Gasteiger partial charge on any atom is -0.312 e. The van der Waals surface area contributed by atoms with Gasteiger partial charge in [-0.1, -0.05) is 18.2 Å². The maximum absolute atomic E-state index is 13.7. The van der Waals surface area contributed by atoms with Gasteiger partial charge in [0.1, 0.15) is 0 Å². The number of piperidine rings is 1. The molecule has 0 N–H and O–H groups in total. The van der Waals surface area contributed by atoms with Crippen LogP contribution in [0.2, 0.25) is 0 Å². The molecule has 0 aromatic heterocycles. The number of rotatable bonds is 3. The molecular formula is C21H31N3O3S. The van der Waals surface area contributed by atoms with E-state index in [1.165, 1.54) is 5.56 Å². The Kier molecular flexibility index (Phi) is 5.04. The van der Waals surface area contributed by atoms with Gasteiger partial charge < -0.3 is 9.80 Å². The van der Waals surface area contributed by atoms with Crippen LogP contribution in [0.1, 0.15) is 32.3 Å². The lowest BCUT2D eigenvalue weighted by Gasteiger charge is -2.41. The first-order valence-electron chi connectivity index (χ1n) is 10.3. The molecule has 3 aliphatic heterocycles. The van der Waals surface area contributed by atoms with Crippen molar-refractivity contribution in [3.63, 3.8) is 0 Å². The van der Waals surface area contributed by atoms with Crippen molar-refractivity contribution in [2.24, 2.45) is 11.3 Å². The number of hydrogen-bond donors (Lipinski definition) is 0. The zero-order valence-electron chi connectivity index (χ0n) is 17.1. The highest BCUT2D eigenvalue weighted by atomic mass is 32.2. The summed E-state index contributed by atoms with van der Waals surface area (Å²) in [4.78, 5) is 17.9. The van der Waals surface area contributed by atoms with Gasteiger partial charge in [0.15, 0.2) is 0 Å². The number of fused-ring (bicyclic) bond motifs is 1. The molecule has 7 heteroatoms. The molecule has 2 saturated heterocycles. The Balaban J connectivity index is 1.66. The SMILES string of the molecule is CC(C)S(=O)(=O)N1CC(C(=O)N2CCc3ccccc32)C2(CCN(C)CC2)C1. The number of carbonyl (C=O) groups excluding carboxylic acids is 1. The zero-order valence-corrected chi connectivity index (χ0v) is 17.9. The van der Waals surface area contributed by atoms with Gasteiger partial charge in [0.05, 0.1) is 11.2 Å². The van der Waals surface area contributed by atoms with E-state index in [1.54, 1.807) is 18.2 Å². The lowest BCUT2D eigenvalue weighted by atomic mass is 9.70. The second-order valence-corrected chi connectivity index (χ2v) is 11.5. The number of carbonyl (C=O) groups is 1. The molecule has 0 aliphatic carbocycles. The molecule has 1 aromatic rings. The van der Waals surface area contributed by atoms with Crippen molar-refractivity contribution in [3.8, 4) is 0 Å². The maximum atomic E-state index is 13.7. The van der Waals surface area contributed by atoms with E-state index in [4.69, 9.17) is 0 Å². The number of nitrogens with zero attached hydrogens (tertiary/aromatic N) is 3. The van der Waals surface area contributed by atoms with Crippen molar-refractivity contribution in [1.29, 1.82) is 0 Å². The van der Waals surface area contributed by atoms with Crippen molar-refractivity contribution in [3.05, 3.63) is 29.8 Å². The van der Waals surface area contributed by atoms with E-state index in [9.17, 15) is 13.2 Å². The molecule has 3 heterocycles. The fourth-order valence-electron chi connectivity index (χ4n) is 5.08. The van der Waals surface area contributed by atoms with Crippen LogP contribution in [0.5, 0.6) is 0 Å². The third-order valence-corrected chi connectivity index (χ3v) is 9.20. The first kappa shape index (κ1) is 19.9. The summed E-state index contributed by atoms with van der Waals surface area (Å²) in [6.07, 6.45) is 2.62. The van der Waals surface area contributed by atoms with E-state index in [2.05, 4.69) is 18.0 Å². The number of para-hydroxylation sites is 1. The van der Waals surface area contributed by atoms with Crippen LogP contribution in [0.4, 0.5) is 5.69 Å². The van der Waals surface area contributed by atoms with Crippen LogP contribution in [0.15, 0.2) is 24.3 Å². The Morgan fingerprint density at radius 3 is 2.50 bits per heavy atom. The number of sulfonamides is 1. The summed E-state index contributed by atoms with van der Waals surface area (Å²) in [6.45, 7) is 6.77. The summed E-state index contributed by atoms with van der Waals surface area (Å²) in [5.74, 6) is -0.156. The first-order chi connectivity index (χ1) is 13.2. The fourth-order valence-corrected chi connectivity index (χ4v) is 6.47. The average molecular weight is 406 g/mol. The van der Waals surface area contributed by atoms with Gasteiger partial charge in [0.25, 0.3) is 0 Å². The molecule has 154 valence electrons. The van der Waals surface area contributed by atoms with Crippen LogP contribution in [-0.2, 0) is 21.2 Å². The molecular weight excluding hydrogens is 374 g/mol. The predicted molar refractivity (Wildman–Crippen MR) is 111 cm³/mol. The van der Waals surface area contributed by atoms with Gasteiger partial charge in [-0.2, -0.15) is 0 Å². The van der Waals surface area contributed by atoms with Crippen molar-refractivity contribution < 1.29 is 13.2 Å². The van der Waals surface area contributed by atoms with Crippen LogP contribution in [0.25, 0.3) is 0 Å². The summed E-state index contributed by atoms with van der Waals surface area (Å²) < 4.78 is 27.4. The predicted octanol–water partition coefficient (Wildman–Crippen LogP) is 1.96. The summed E-state index contributed by atoms with van der Waals surface area (Å²) in [7, 11) is -1.27. The van der Waals surface area contributed by atoms with E-state index in [1.807, 2.05) is 23.1 Å². The highest BCUT2D eigenvalue weighted by Gasteiger charge is 2.55. The standard InChI is InChI=1S/C21H31N3O3S/c1-16(2)28(26,27)23-14-18(21(15-23)9-12-22(3)13-10-21)20(25)24-11-8-17-6-4-5-7-19(17)24/h4-7,16,18H,8-15H2,1-3H3. The smallest absolute Gasteiger partial charge is 0.232 e. The third kappa shape index (κ3) is 3.17. The van der Waals surface area contributed by atoms with Crippen LogP contribution in [-0.4, -0.2) is 68.6 Å². The second-order valence-electron chi connectivity index (χ2n) is 8.97. The Morgan fingerprint density at radius 1 is 1.14 bits per heavy atom. The number of likely N-dealkylation sites (tertiary alicyclic amines) is 1. The Labute approximate surface area is 168 Å². The lowest BCUT2D eigenvalue weighted by Crippen LogP contribution is -2.48. The molecule has 4 rings (SSSR count). The molecule has 0 bridgehead atoms. The molecule has 3 aliphatic rings. The van der Waals surface area contributed by atoms with Crippen molar-refractivity contribution in [2.45, 2.75) is 38.4 Å². The van der Waals surface area contributed by atoms with E-state index >= 15 is 0 Å². The fraction of sp³-hybridized carbons (Fsp3) is 0.667. The maximum Gasteiger partial charge on any atom is 0.232 e. The average Bonchev–Trinajstić information content (AvgIpc) is 3.26. The van der Waals surface area contributed by atoms with E-state index in [0.717, 1.165) is 38.0 Å². The lowest BCUT2D eigenvalue weighted by molar-refractivity contribution is -0.125. The monoisotopic (exact) mass is 405 g/mol. The van der Waals surface area contributed by atoms with Gasteiger partial charge in [-0.3, -0.25) is 4.79 Å². The van der Waals surface area contributed by atoms with Gasteiger partial charge in [-0.25, -0.2) is 12.7 Å². The molecule has 1 aromatic carbocycles. The quantitative estimate of drug-likeness (QED) is 0.771. The molecule has 0 saturated carbocycles. The van der Waals surface area contributed by atoms with Gasteiger partial charge in [0, 0.05) is 25.3 Å². The highest BCUT2D eigenvalue weighted by Crippen LogP contribution is 2.47. The molecule has 1 atom stereocenters. The van der Waals surface area contributed by atoms with Crippen LogP contribution < -0.4 is 4.90 Å². The number of hydrogen-bond acceptors (Lipinski definition) is 4. The van der Waals surface area contributed by atoms with Crippen molar-refractivity contribution in [2.75, 3.05) is 44.7 Å². The topological polar surface area (TPSA) is 60.9 Å². The third-order valence-electron chi connectivity index (χ3n) is 7.01. The molecule has 0 radical (unpaired) electrons. The normalized spacial score (nSPS) is 25.6. The van der Waals surface area contributed by atoms with Gasteiger partial charge >= 0.3 is 0 Å². The van der Waals surface area contributed by atoms with Crippen LogP contribution in [0.3, 0.4) is 0 Å². The Bertz CT molecular complexity index is 859. The van der Waals surface area contributed by atoms with Gasteiger partial charge in [0.2, 0.25) is 15.9 Å². The largest absolute Gasteiger partial charge is 0.312 e. The summed E-state index contributed by atoms with van der Waals surface area (Å²) in [5.41, 5.74) is 1.96. The minimum absolute atomic E-state index is 0.107. The Morgan fingerprint density at radius 2 is 1.82 bits per heavy atom. The molecule has 28 heavy (non-hydrogen) atoms. The van der Waals surface area contributed by atoms with E-state index < -0.39 is 15.3 Å². The van der Waals surface area contributed by atoms with Gasteiger partial charge in [-0.05, 0) is 70.3 Å². The zero-order chi connectivity index (χ0) is 20.1. The number of benzene rings is 1. The summed E-state index contributed by atoms with van der Waals surface area (Å²) in [6, 6.07) is 8.08. The highest BCUT2D eigenvalue weighted by molar-refractivity contribution is 7.89. The van der Waals surface area contributed by atoms with E-state index in [-0.39, 0.29) is 17.2 Å². The van der Waals surface area contributed by atoms with Crippen LogP contribution >= 0.6 is 0 Å². The van der Waals surface area contributed by atoms with Gasteiger partial charge in [-0.15, -0.1) is 0 Å². The van der Waals surface area contributed by atoms with Crippen LogP contribution in [0, 0.1) is 11.3 Å². The molecule has 1 spiro atoms. The van der Waals surface area contributed by atoms with Crippen molar-refractivity contribution in [1.82, 2.24) is 9.21 Å². The summed E-state index contributed by atoms with van der Waals surface area (Å²) >= 11 is 0. The number of amides is 1. The molecule has 2 fully saturated rings. The summed E-state index contributed by atoms with van der Waals surface area (Å²) in [5, 5.41) is -0.461. The second kappa shape index (κ2) is 7.11.